The van der Waals surface area contributed by atoms with Crippen LogP contribution in [-0.4, -0.2) is 57.6 Å². The number of carboxylic acids is 1. The number of aliphatic carboxylic acids is 1. The molecule has 2 aromatic heterocycles. The van der Waals surface area contributed by atoms with E-state index in [0.29, 0.717) is 6.61 Å². The Kier molecular flexibility index (Phi) is 7.05. The zero-order valence-corrected chi connectivity index (χ0v) is 18.0. The normalized spacial score (nSPS) is 18.2. The average molecular weight is 459 g/mol. The Balaban J connectivity index is 0.000000339. The van der Waals surface area contributed by atoms with Crippen LogP contribution < -0.4 is 0 Å². The third-order valence-corrected chi connectivity index (χ3v) is 6.15. The van der Waals surface area contributed by atoms with Gasteiger partial charge in [0.2, 0.25) is 0 Å². The molecule has 0 aromatic carbocycles. The third-order valence-electron chi connectivity index (χ3n) is 5.16. The van der Waals surface area contributed by atoms with E-state index in [1.54, 1.807) is 11.3 Å². The summed E-state index contributed by atoms with van der Waals surface area (Å²) in [6.07, 6.45) is 0.260. The number of carbonyl (C=O) groups excluding carboxylic acids is 1. The van der Waals surface area contributed by atoms with Crippen molar-refractivity contribution in [2.75, 3.05) is 19.8 Å². The Morgan fingerprint density at radius 1 is 1.29 bits per heavy atom. The molecular weight excluding hydrogens is 435 g/mol. The first-order valence-corrected chi connectivity index (χ1v) is 10.7. The molecule has 0 saturated heterocycles. The maximum atomic E-state index is 13.0. The van der Waals surface area contributed by atoms with Crippen LogP contribution in [-0.2, 0) is 23.0 Å². The molecule has 1 unspecified atom stereocenters. The highest BCUT2D eigenvalue weighted by Crippen LogP contribution is 2.33. The van der Waals surface area contributed by atoms with Crippen LogP contribution in [0.15, 0.2) is 18.3 Å². The molecule has 3 heterocycles. The van der Waals surface area contributed by atoms with Gasteiger partial charge in [-0.1, -0.05) is 0 Å². The molecule has 1 N–H and O–H groups in total. The number of thiophene rings is 1. The molecule has 1 amide bonds. The van der Waals surface area contributed by atoms with Gasteiger partial charge in [0, 0.05) is 25.1 Å². The van der Waals surface area contributed by atoms with Crippen LogP contribution in [0.1, 0.15) is 44.7 Å². The van der Waals surface area contributed by atoms with Crippen molar-refractivity contribution in [3.8, 4) is 0 Å². The van der Waals surface area contributed by atoms with E-state index in [0.717, 1.165) is 40.9 Å². The number of carbonyl (C=O) groups is 2. The number of amides is 1. The Hall–Kier alpha value is -2.40. The number of rotatable bonds is 5. The first-order valence-electron chi connectivity index (χ1n) is 9.84. The summed E-state index contributed by atoms with van der Waals surface area (Å²) in [6, 6.07) is 3.90. The number of carboxylic acid groups (broad SMARTS) is 1. The second-order valence-electron chi connectivity index (χ2n) is 7.64. The van der Waals surface area contributed by atoms with Crippen molar-refractivity contribution in [2.45, 2.75) is 38.4 Å². The fourth-order valence-corrected chi connectivity index (χ4v) is 4.22. The topological polar surface area (TPSA) is 84.7 Å². The van der Waals surface area contributed by atoms with Gasteiger partial charge >= 0.3 is 12.1 Å². The van der Waals surface area contributed by atoms with Gasteiger partial charge in [0.15, 0.2) is 0 Å². The molecule has 4 rings (SSSR count). The van der Waals surface area contributed by atoms with Crippen LogP contribution in [0.5, 0.6) is 0 Å². The first kappa shape index (κ1) is 23.3. The van der Waals surface area contributed by atoms with E-state index < -0.39 is 12.1 Å². The van der Waals surface area contributed by atoms with Gasteiger partial charge < -0.3 is 14.7 Å². The standard InChI is InChI=1S/C18H23N3O2S.C2HF3O2/c1-12-3-6-16(24-12)18(22)21-8-7-14-9-19-20(2)17(14)15(21)11-23-10-13-4-5-13;3-2(4,5)1(6)7/h3,6,9,13,15H,4-5,7-8,10-11H2,1-2H3;(H,6,7). The molecule has 0 radical (unpaired) electrons. The molecule has 0 bridgehead atoms. The molecule has 31 heavy (non-hydrogen) atoms. The van der Waals surface area contributed by atoms with Gasteiger partial charge in [-0.2, -0.15) is 18.3 Å². The lowest BCUT2D eigenvalue weighted by atomic mass is 10.00. The lowest BCUT2D eigenvalue weighted by molar-refractivity contribution is -0.192. The molecule has 1 fully saturated rings. The second-order valence-corrected chi connectivity index (χ2v) is 8.92. The minimum absolute atomic E-state index is 0.0464. The van der Waals surface area contributed by atoms with Crippen molar-refractivity contribution >= 4 is 23.2 Å². The maximum Gasteiger partial charge on any atom is 0.490 e. The molecule has 1 aliphatic carbocycles. The number of fused-ring (bicyclic) bond motifs is 1. The summed E-state index contributed by atoms with van der Waals surface area (Å²) in [5.41, 5.74) is 2.36. The Bertz CT molecular complexity index is 936. The lowest BCUT2D eigenvalue weighted by Gasteiger charge is -2.35. The van der Waals surface area contributed by atoms with Crippen molar-refractivity contribution in [1.82, 2.24) is 14.7 Å². The number of aryl methyl sites for hydroxylation is 2. The zero-order valence-electron chi connectivity index (χ0n) is 17.2. The summed E-state index contributed by atoms with van der Waals surface area (Å²) in [5, 5.41) is 11.5. The summed E-state index contributed by atoms with van der Waals surface area (Å²) in [7, 11) is 1.95. The van der Waals surface area contributed by atoms with Gasteiger partial charge in [-0.3, -0.25) is 9.48 Å². The van der Waals surface area contributed by atoms with E-state index in [2.05, 4.69) is 5.10 Å². The molecule has 11 heteroatoms. The number of ether oxygens (including phenoxy) is 1. The number of aromatic nitrogens is 2. The van der Waals surface area contributed by atoms with E-state index in [-0.39, 0.29) is 11.9 Å². The Morgan fingerprint density at radius 2 is 1.97 bits per heavy atom. The van der Waals surface area contributed by atoms with Crippen molar-refractivity contribution in [3.05, 3.63) is 39.3 Å². The van der Waals surface area contributed by atoms with Crippen LogP contribution in [0.4, 0.5) is 13.2 Å². The average Bonchev–Trinajstić information content (AvgIpc) is 3.30. The number of halogens is 3. The maximum absolute atomic E-state index is 13.0. The summed E-state index contributed by atoms with van der Waals surface area (Å²) < 4.78 is 39.6. The van der Waals surface area contributed by atoms with Crippen molar-refractivity contribution < 1.29 is 32.6 Å². The predicted molar refractivity (Wildman–Crippen MR) is 107 cm³/mol. The number of hydrogen-bond donors (Lipinski definition) is 1. The number of nitrogens with zero attached hydrogens (tertiary/aromatic N) is 3. The highest BCUT2D eigenvalue weighted by molar-refractivity contribution is 7.13. The SMILES string of the molecule is Cc1ccc(C(=O)N2CCc3cnn(C)c3C2COCC2CC2)s1.O=C(O)C(F)(F)F. The third kappa shape index (κ3) is 5.85. The van der Waals surface area contributed by atoms with E-state index >= 15 is 0 Å². The quantitative estimate of drug-likeness (QED) is 0.739. The first-order chi connectivity index (χ1) is 14.6. The van der Waals surface area contributed by atoms with Gasteiger partial charge in [-0.25, -0.2) is 4.79 Å². The number of hydrogen-bond acceptors (Lipinski definition) is 5. The van der Waals surface area contributed by atoms with E-state index in [1.165, 1.54) is 18.4 Å². The summed E-state index contributed by atoms with van der Waals surface area (Å²) >= 11 is 1.56. The van der Waals surface area contributed by atoms with Crippen LogP contribution in [0.3, 0.4) is 0 Å². The molecule has 170 valence electrons. The highest BCUT2D eigenvalue weighted by atomic mass is 32.1. The largest absolute Gasteiger partial charge is 0.490 e. The van der Waals surface area contributed by atoms with Gasteiger partial charge in [0.1, 0.15) is 0 Å². The zero-order chi connectivity index (χ0) is 22.8. The van der Waals surface area contributed by atoms with Crippen LogP contribution in [0.25, 0.3) is 0 Å². The van der Waals surface area contributed by atoms with Crippen molar-refractivity contribution in [3.63, 3.8) is 0 Å². The number of alkyl halides is 3. The van der Waals surface area contributed by atoms with Gasteiger partial charge in [0.05, 0.1) is 29.4 Å². The van der Waals surface area contributed by atoms with Gasteiger partial charge in [-0.05, 0) is 49.8 Å². The second kappa shape index (κ2) is 9.39. The van der Waals surface area contributed by atoms with E-state index in [4.69, 9.17) is 14.6 Å². The lowest BCUT2D eigenvalue weighted by Crippen LogP contribution is -2.42. The minimum atomic E-state index is -5.08. The highest BCUT2D eigenvalue weighted by Gasteiger charge is 2.38. The van der Waals surface area contributed by atoms with Crippen LogP contribution in [0, 0.1) is 12.8 Å². The molecule has 1 aliphatic heterocycles. The van der Waals surface area contributed by atoms with Gasteiger partial charge in [-0.15, -0.1) is 11.3 Å². The smallest absolute Gasteiger partial charge is 0.475 e. The molecule has 1 atom stereocenters. The Labute approximate surface area is 181 Å². The summed E-state index contributed by atoms with van der Waals surface area (Å²) in [6.45, 7) is 4.13. The van der Waals surface area contributed by atoms with Crippen molar-refractivity contribution in [1.29, 1.82) is 0 Å². The van der Waals surface area contributed by atoms with Crippen LogP contribution >= 0.6 is 11.3 Å². The van der Waals surface area contributed by atoms with E-state index in [9.17, 15) is 18.0 Å². The summed E-state index contributed by atoms with van der Waals surface area (Å²) in [4.78, 5) is 25.9. The molecule has 7 nitrogen and oxygen atoms in total. The fourth-order valence-electron chi connectivity index (χ4n) is 3.39. The van der Waals surface area contributed by atoms with E-state index in [1.807, 2.05) is 41.9 Å². The minimum Gasteiger partial charge on any atom is -0.475 e. The van der Waals surface area contributed by atoms with Gasteiger partial charge in [0.25, 0.3) is 5.91 Å². The van der Waals surface area contributed by atoms with Crippen LogP contribution in [0.2, 0.25) is 0 Å². The monoisotopic (exact) mass is 459 g/mol. The predicted octanol–water partition coefficient (Wildman–Crippen LogP) is 3.59. The molecule has 1 saturated carbocycles. The Morgan fingerprint density at radius 3 is 2.52 bits per heavy atom. The fraction of sp³-hybridized carbons (Fsp3) is 0.550. The van der Waals surface area contributed by atoms with Crippen molar-refractivity contribution in [2.24, 2.45) is 13.0 Å². The molecular formula is C20H24F3N3O4S. The molecule has 2 aliphatic rings. The summed E-state index contributed by atoms with van der Waals surface area (Å²) in [5.74, 6) is -1.92. The molecule has 2 aromatic rings. The molecule has 0 spiro atoms.